The van der Waals surface area contributed by atoms with Gasteiger partial charge in [0.05, 0.1) is 6.04 Å². The second kappa shape index (κ2) is 4.96. The van der Waals surface area contributed by atoms with Gasteiger partial charge in [0.15, 0.2) is 0 Å². The second-order valence-electron chi connectivity index (χ2n) is 3.28. The summed E-state index contributed by atoms with van der Waals surface area (Å²) in [6, 6.07) is 6.27. The lowest BCUT2D eigenvalue weighted by atomic mass is 10.1. The van der Waals surface area contributed by atoms with E-state index >= 15 is 0 Å². The van der Waals surface area contributed by atoms with E-state index in [1.165, 1.54) is 17.4 Å². The molecule has 1 unspecified atom stereocenters. The molecule has 0 aliphatic rings. The molecule has 1 atom stereocenters. The zero-order valence-electron chi connectivity index (χ0n) is 8.08. The van der Waals surface area contributed by atoms with Crippen LogP contribution in [0.5, 0.6) is 0 Å². The lowest BCUT2D eigenvalue weighted by molar-refractivity contribution is 0.600. The van der Waals surface area contributed by atoms with E-state index in [0.717, 1.165) is 13.8 Å². The van der Waals surface area contributed by atoms with Gasteiger partial charge in [-0.15, -0.1) is 11.3 Å². The van der Waals surface area contributed by atoms with E-state index in [0.29, 0.717) is 5.56 Å². The number of nitrogens with two attached hydrogens (primary N) is 1. The second-order valence-corrected chi connectivity index (χ2v) is 5.99. The van der Waals surface area contributed by atoms with Crippen LogP contribution in [-0.2, 0) is 0 Å². The summed E-state index contributed by atoms with van der Waals surface area (Å²) in [7, 11) is 0. The van der Waals surface area contributed by atoms with Crippen molar-refractivity contribution in [1.82, 2.24) is 0 Å². The number of halogens is 3. The van der Waals surface area contributed by atoms with Crippen molar-refractivity contribution in [1.29, 1.82) is 0 Å². The number of thiophene rings is 1. The largest absolute Gasteiger partial charge is 0.319 e. The molecule has 1 heterocycles. The van der Waals surface area contributed by atoms with Crippen molar-refractivity contribution in [2.75, 3.05) is 0 Å². The Bertz CT molecular complexity index is 512. The van der Waals surface area contributed by atoms with Gasteiger partial charge in [-0.25, -0.2) is 4.39 Å². The van der Waals surface area contributed by atoms with E-state index < -0.39 is 6.04 Å². The maximum atomic E-state index is 13.6. The first-order valence-electron chi connectivity index (χ1n) is 4.53. The summed E-state index contributed by atoms with van der Waals surface area (Å²) in [4.78, 5) is 0.928. The molecule has 16 heavy (non-hydrogen) atoms. The number of hydrogen-bond acceptors (Lipinski definition) is 2. The third kappa shape index (κ3) is 2.37. The molecular weight excluding hydrogens is 357 g/mol. The molecule has 2 aromatic rings. The Morgan fingerprint density at radius 3 is 2.62 bits per heavy atom. The molecular formula is C11H8Br2FNS. The highest BCUT2D eigenvalue weighted by Crippen LogP contribution is 2.33. The molecule has 2 rings (SSSR count). The zero-order valence-corrected chi connectivity index (χ0v) is 12.1. The lowest BCUT2D eigenvalue weighted by Gasteiger charge is -2.12. The minimum absolute atomic E-state index is 0.281. The molecule has 0 spiro atoms. The van der Waals surface area contributed by atoms with Gasteiger partial charge < -0.3 is 5.73 Å². The lowest BCUT2D eigenvalue weighted by Crippen LogP contribution is -2.12. The van der Waals surface area contributed by atoms with Crippen LogP contribution in [0.15, 0.2) is 38.6 Å². The predicted octanol–water partition coefficient (Wildman–Crippen LogP) is 4.46. The zero-order chi connectivity index (χ0) is 11.7. The van der Waals surface area contributed by atoms with Gasteiger partial charge in [-0.2, -0.15) is 0 Å². The van der Waals surface area contributed by atoms with Gasteiger partial charge in [-0.05, 0) is 45.6 Å². The van der Waals surface area contributed by atoms with Crippen molar-refractivity contribution in [2.45, 2.75) is 6.04 Å². The molecule has 0 fully saturated rings. The van der Waals surface area contributed by atoms with Crippen LogP contribution in [0.3, 0.4) is 0 Å². The molecule has 0 saturated heterocycles. The highest BCUT2D eigenvalue weighted by atomic mass is 79.9. The highest BCUT2D eigenvalue weighted by Gasteiger charge is 2.17. The fourth-order valence-electron chi connectivity index (χ4n) is 1.42. The monoisotopic (exact) mass is 363 g/mol. The highest BCUT2D eigenvalue weighted by molar-refractivity contribution is 9.10. The average molecular weight is 365 g/mol. The quantitative estimate of drug-likeness (QED) is 0.836. The number of benzene rings is 1. The average Bonchev–Trinajstić information content (AvgIpc) is 2.67. The molecule has 1 aromatic heterocycles. The Kier molecular flexibility index (Phi) is 3.79. The van der Waals surface area contributed by atoms with Crippen LogP contribution in [0.1, 0.15) is 16.5 Å². The van der Waals surface area contributed by atoms with Crippen molar-refractivity contribution >= 4 is 43.2 Å². The minimum Gasteiger partial charge on any atom is -0.319 e. The van der Waals surface area contributed by atoms with Gasteiger partial charge in [0, 0.05) is 19.4 Å². The summed E-state index contributed by atoms with van der Waals surface area (Å²) in [6.45, 7) is 0. The van der Waals surface area contributed by atoms with Gasteiger partial charge in [-0.1, -0.05) is 15.9 Å². The van der Waals surface area contributed by atoms with Crippen LogP contribution < -0.4 is 5.73 Å². The summed E-state index contributed by atoms with van der Waals surface area (Å²) in [5.41, 5.74) is 6.55. The third-order valence-corrected chi connectivity index (χ3v) is 4.67. The van der Waals surface area contributed by atoms with E-state index in [9.17, 15) is 4.39 Å². The molecule has 84 valence electrons. The fourth-order valence-corrected chi connectivity index (χ4v) is 3.44. The minimum atomic E-state index is -0.438. The summed E-state index contributed by atoms with van der Waals surface area (Å²) in [5.74, 6) is -0.281. The van der Waals surface area contributed by atoms with Crippen molar-refractivity contribution in [3.63, 3.8) is 0 Å². The summed E-state index contributed by atoms with van der Waals surface area (Å²) >= 11 is 8.23. The summed E-state index contributed by atoms with van der Waals surface area (Å²) in [5, 5.41) is 1.93. The molecule has 5 heteroatoms. The van der Waals surface area contributed by atoms with E-state index in [1.54, 1.807) is 12.1 Å². The molecule has 1 aromatic carbocycles. The SMILES string of the molecule is NC(c1cc(Br)ccc1F)c1sccc1Br. The Labute approximate surface area is 114 Å². The maximum absolute atomic E-state index is 13.6. The van der Waals surface area contributed by atoms with Gasteiger partial charge >= 0.3 is 0 Å². The normalized spacial score (nSPS) is 12.8. The predicted molar refractivity (Wildman–Crippen MR) is 72.1 cm³/mol. The number of rotatable bonds is 2. The van der Waals surface area contributed by atoms with Gasteiger partial charge in [0.2, 0.25) is 0 Å². The maximum Gasteiger partial charge on any atom is 0.128 e. The van der Waals surface area contributed by atoms with Gasteiger partial charge in [0.1, 0.15) is 5.82 Å². The van der Waals surface area contributed by atoms with Crippen molar-refractivity contribution in [3.8, 4) is 0 Å². The van der Waals surface area contributed by atoms with Crippen molar-refractivity contribution in [2.24, 2.45) is 5.73 Å². The molecule has 0 aliphatic carbocycles. The van der Waals surface area contributed by atoms with Gasteiger partial charge in [0.25, 0.3) is 0 Å². The first kappa shape index (κ1) is 12.2. The van der Waals surface area contributed by atoms with Crippen molar-refractivity contribution < 1.29 is 4.39 Å². The smallest absolute Gasteiger partial charge is 0.128 e. The van der Waals surface area contributed by atoms with E-state index in [4.69, 9.17) is 5.73 Å². The molecule has 0 aliphatic heterocycles. The molecule has 0 bridgehead atoms. The molecule has 0 radical (unpaired) electrons. The Morgan fingerprint density at radius 2 is 2.00 bits per heavy atom. The Morgan fingerprint density at radius 1 is 1.25 bits per heavy atom. The molecule has 0 saturated carbocycles. The number of hydrogen-bond donors (Lipinski definition) is 1. The Balaban J connectivity index is 2.45. The first-order valence-corrected chi connectivity index (χ1v) is 6.99. The van der Waals surface area contributed by atoms with Crippen LogP contribution in [0.25, 0.3) is 0 Å². The standard InChI is InChI=1S/C11H8Br2FNS/c12-6-1-2-9(14)7(5-6)10(15)11-8(13)3-4-16-11/h1-5,10H,15H2. The van der Waals surface area contributed by atoms with Crippen LogP contribution in [0.2, 0.25) is 0 Å². The van der Waals surface area contributed by atoms with Crippen LogP contribution in [-0.4, -0.2) is 0 Å². The van der Waals surface area contributed by atoms with Gasteiger partial charge in [-0.3, -0.25) is 0 Å². The van der Waals surface area contributed by atoms with E-state index in [2.05, 4.69) is 31.9 Å². The fraction of sp³-hybridized carbons (Fsp3) is 0.0909. The molecule has 0 amide bonds. The topological polar surface area (TPSA) is 26.0 Å². The molecule has 2 N–H and O–H groups in total. The summed E-state index contributed by atoms with van der Waals surface area (Å²) < 4.78 is 15.4. The van der Waals surface area contributed by atoms with Crippen molar-refractivity contribution in [3.05, 3.63) is 54.8 Å². The van der Waals surface area contributed by atoms with Crippen LogP contribution in [0, 0.1) is 5.82 Å². The first-order chi connectivity index (χ1) is 7.59. The summed E-state index contributed by atoms with van der Waals surface area (Å²) in [6.07, 6.45) is 0. The van der Waals surface area contributed by atoms with E-state index in [-0.39, 0.29) is 5.82 Å². The molecule has 1 nitrogen and oxygen atoms in total. The third-order valence-electron chi connectivity index (χ3n) is 2.22. The van der Waals surface area contributed by atoms with Crippen LogP contribution in [0.4, 0.5) is 4.39 Å². The van der Waals surface area contributed by atoms with Crippen LogP contribution >= 0.6 is 43.2 Å². The van der Waals surface area contributed by atoms with E-state index in [1.807, 2.05) is 11.4 Å². The Hall–Kier alpha value is -0.230.